The van der Waals surface area contributed by atoms with Crippen molar-refractivity contribution < 1.29 is 17.0 Å². The zero-order valence-electron chi connectivity index (χ0n) is 19.2. The molecule has 0 bridgehead atoms. The molecule has 182 valence electrons. The number of aromatic nitrogens is 2. The maximum Gasteiger partial charge on any atom is 0.271 e. The highest BCUT2D eigenvalue weighted by molar-refractivity contribution is 8.08. The summed E-state index contributed by atoms with van der Waals surface area (Å²) in [6.45, 7) is 5.27. The standard InChI is InChI=1S/C25H22Cl2N3OS3.ClH/c1-4-30-22(13-21-29(10-11-32-21)14-16-17(26)6-5-7-18(16)27)34-23(24(30)31)25-28(3)19-12-15(2)8-9-20(19)33-25;/h5-13H,4,14H2,1-3H3;1H/q+1;/p-1/b25-23+;. The highest BCUT2D eigenvalue weighted by Crippen LogP contribution is 2.45. The zero-order chi connectivity index (χ0) is 24.0. The van der Waals surface area contributed by atoms with Crippen molar-refractivity contribution >= 4 is 74.4 Å². The van der Waals surface area contributed by atoms with Gasteiger partial charge in [-0.15, -0.1) is 11.3 Å². The summed E-state index contributed by atoms with van der Waals surface area (Å²) in [5.74, 6) is 0. The first-order valence-electron chi connectivity index (χ1n) is 10.7. The second-order valence-electron chi connectivity index (χ2n) is 7.97. The Balaban J connectivity index is 0.00000289. The van der Waals surface area contributed by atoms with Gasteiger partial charge < -0.3 is 17.3 Å². The molecular formula is C25H22Cl3N3OS3. The van der Waals surface area contributed by atoms with Gasteiger partial charge in [-0.2, -0.15) is 4.57 Å². The molecule has 4 nitrogen and oxygen atoms in total. The van der Waals surface area contributed by atoms with Crippen molar-refractivity contribution in [3.63, 3.8) is 0 Å². The molecule has 0 atom stereocenters. The van der Waals surface area contributed by atoms with Crippen molar-refractivity contribution in [2.24, 2.45) is 0 Å². The molecule has 1 aliphatic heterocycles. The van der Waals surface area contributed by atoms with E-state index in [-0.39, 0.29) is 18.0 Å². The van der Waals surface area contributed by atoms with Gasteiger partial charge in [0.2, 0.25) is 0 Å². The molecule has 0 fully saturated rings. The van der Waals surface area contributed by atoms with E-state index in [1.54, 1.807) is 34.4 Å². The van der Waals surface area contributed by atoms with Gasteiger partial charge in [-0.05, 0) is 43.7 Å². The van der Waals surface area contributed by atoms with Gasteiger partial charge in [0.05, 0.1) is 32.8 Å². The number of benzene rings is 2. The van der Waals surface area contributed by atoms with Gasteiger partial charge in [0.15, 0.2) is 12.7 Å². The highest BCUT2D eigenvalue weighted by Gasteiger charge is 2.25. The number of hydrogen-bond donors (Lipinski definition) is 0. The van der Waals surface area contributed by atoms with Gasteiger partial charge in [0, 0.05) is 18.5 Å². The number of rotatable bonds is 4. The molecule has 0 radical (unpaired) electrons. The third-order valence-corrected chi connectivity index (χ3v) is 9.80. The average molecular weight is 583 g/mol. The van der Waals surface area contributed by atoms with E-state index < -0.39 is 0 Å². The van der Waals surface area contributed by atoms with E-state index in [0.717, 1.165) is 30.5 Å². The lowest BCUT2D eigenvalue weighted by Gasteiger charge is -2.12. The van der Waals surface area contributed by atoms with Crippen molar-refractivity contribution in [3.05, 3.63) is 93.7 Å². The summed E-state index contributed by atoms with van der Waals surface area (Å²) in [5.41, 5.74) is 3.29. The van der Waals surface area contributed by atoms with Crippen LogP contribution in [0.15, 0.2) is 57.7 Å². The molecule has 0 N–H and O–H groups in total. The number of aryl methyl sites for hydroxylation is 1. The van der Waals surface area contributed by atoms with E-state index in [4.69, 9.17) is 23.2 Å². The molecule has 0 amide bonds. The van der Waals surface area contributed by atoms with Gasteiger partial charge in [-0.25, -0.2) is 0 Å². The second-order valence-corrected chi connectivity index (χ2v) is 11.8. The summed E-state index contributed by atoms with van der Waals surface area (Å²) in [6, 6.07) is 12.0. The topological polar surface area (TPSA) is 29.1 Å². The molecular weight excluding hydrogens is 561 g/mol. The zero-order valence-corrected chi connectivity index (χ0v) is 23.9. The van der Waals surface area contributed by atoms with Crippen molar-refractivity contribution in [3.8, 4) is 0 Å². The van der Waals surface area contributed by atoms with Crippen molar-refractivity contribution in [2.45, 2.75) is 31.8 Å². The van der Waals surface area contributed by atoms with E-state index in [2.05, 4.69) is 40.7 Å². The Morgan fingerprint density at radius 3 is 2.60 bits per heavy atom. The van der Waals surface area contributed by atoms with E-state index in [1.165, 1.54) is 10.5 Å². The molecule has 10 heteroatoms. The summed E-state index contributed by atoms with van der Waals surface area (Å²) in [6.07, 6.45) is 4.11. The molecule has 2 aromatic heterocycles. The Morgan fingerprint density at radius 1 is 1.14 bits per heavy atom. The third kappa shape index (κ3) is 4.95. The first kappa shape index (κ1) is 26.3. The lowest BCUT2D eigenvalue weighted by molar-refractivity contribution is -0.685. The molecule has 0 unspecified atom stereocenters. The molecule has 35 heavy (non-hydrogen) atoms. The fourth-order valence-corrected chi connectivity index (χ4v) is 7.76. The summed E-state index contributed by atoms with van der Waals surface area (Å²) < 4.78 is 5.66. The van der Waals surface area contributed by atoms with Crippen LogP contribution in [-0.4, -0.2) is 11.6 Å². The van der Waals surface area contributed by atoms with Crippen LogP contribution >= 0.6 is 57.6 Å². The number of thiazole rings is 2. The molecule has 0 saturated heterocycles. The highest BCUT2D eigenvalue weighted by atomic mass is 35.5. The number of nitrogens with zero attached hydrogens (tertiary/aromatic N) is 3. The quantitative estimate of drug-likeness (QED) is 0.345. The second kappa shape index (κ2) is 10.7. The number of halogens is 3. The molecule has 0 saturated carbocycles. The summed E-state index contributed by atoms with van der Waals surface area (Å²) >= 11 is 17.6. The molecule has 3 heterocycles. The third-order valence-electron chi connectivity index (χ3n) is 5.76. The lowest BCUT2D eigenvalue weighted by atomic mass is 10.2. The Morgan fingerprint density at radius 2 is 1.89 bits per heavy atom. The van der Waals surface area contributed by atoms with Crippen LogP contribution in [0.5, 0.6) is 0 Å². The summed E-state index contributed by atoms with van der Waals surface area (Å²) in [4.78, 5) is 16.7. The van der Waals surface area contributed by atoms with Crippen molar-refractivity contribution in [1.82, 2.24) is 4.57 Å². The van der Waals surface area contributed by atoms with E-state index in [0.29, 0.717) is 23.1 Å². The van der Waals surface area contributed by atoms with Gasteiger partial charge >= 0.3 is 0 Å². The molecule has 1 aliphatic rings. The maximum atomic E-state index is 13.4. The van der Waals surface area contributed by atoms with Crippen LogP contribution in [0.4, 0.5) is 5.69 Å². The number of fused-ring (bicyclic) bond motifs is 1. The predicted molar refractivity (Wildman–Crippen MR) is 146 cm³/mol. The van der Waals surface area contributed by atoms with Gasteiger partial charge in [0.25, 0.3) is 10.6 Å². The monoisotopic (exact) mass is 581 g/mol. The number of thioether (sulfide) groups is 1. The average Bonchev–Trinajstić information content (AvgIpc) is 3.47. The van der Waals surface area contributed by atoms with Gasteiger partial charge in [-0.3, -0.25) is 9.36 Å². The van der Waals surface area contributed by atoms with Crippen LogP contribution in [0.2, 0.25) is 10.0 Å². The molecule has 4 aromatic rings. The first-order chi connectivity index (χ1) is 16.4. The smallest absolute Gasteiger partial charge is 0.271 e. The predicted octanol–water partition coefficient (Wildman–Crippen LogP) is 2.08. The minimum absolute atomic E-state index is 0. The van der Waals surface area contributed by atoms with Crippen LogP contribution in [0, 0.1) is 6.92 Å². The van der Waals surface area contributed by atoms with Crippen molar-refractivity contribution in [2.75, 3.05) is 11.9 Å². The fraction of sp³-hybridized carbons (Fsp3) is 0.200. The van der Waals surface area contributed by atoms with Crippen LogP contribution in [0.3, 0.4) is 0 Å². The Bertz CT molecular complexity index is 1570. The fourth-order valence-electron chi connectivity index (χ4n) is 3.95. The normalized spacial score (nSPS) is 14.9. The molecule has 5 rings (SSSR count). The van der Waals surface area contributed by atoms with Crippen molar-refractivity contribution in [1.29, 1.82) is 0 Å². The number of hydrogen-bond acceptors (Lipinski definition) is 5. The SMILES string of the molecule is CCn1c(=O)/c(=C2\Sc3ccc(C)cc3N2C)s/c1=C\c1scc[n+]1Cc1c(Cl)cccc1Cl.[Cl-]. The lowest BCUT2D eigenvalue weighted by Crippen LogP contribution is -3.00. The first-order valence-corrected chi connectivity index (χ1v) is 14.0. The van der Waals surface area contributed by atoms with Crippen LogP contribution in [0.25, 0.3) is 11.1 Å². The summed E-state index contributed by atoms with van der Waals surface area (Å²) in [7, 11) is 2.03. The Hall–Kier alpha value is -1.74. The van der Waals surface area contributed by atoms with E-state index in [9.17, 15) is 4.79 Å². The van der Waals surface area contributed by atoms with Crippen LogP contribution in [0.1, 0.15) is 23.1 Å². The van der Waals surface area contributed by atoms with E-state index >= 15 is 0 Å². The molecule has 0 spiro atoms. The minimum atomic E-state index is 0. The number of anilines is 1. The van der Waals surface area contributed by atoms with E-state index in [1.807, 2.05) is 48.3 Å². The Labute approximate surface area is 232 Å². The van der Waals surface area contributed by atoms with Gasteiger partial charge in [-0.1, -0.05) is 58.4 Å². The minimum Gasteiger partial charge on any atom is -1.00 e. The summed E-state index contributed by atoms with van der Waals surface area (Å²) in [5, 5.41) is 5.34. The van der Waals surface area contributed by atoms with Crippen LogP contribution < -0.4 is 36.6 Å². The Kier molecular flexibility index (Phi) is 8.05. The van der Waals surface area contributed by atoms with Crippen LogP contribution in [-0.2, 0) is 13.1 Å². The maximum absolute atomic E-state index is 13.4. The van der Waals surface area contributed by atoms with Gasteiger partial charge in [0.1, 0.15) is 14.2 Å². The largest absolute Gasteiger partial charge is 1.00 e. The molecule has 2 aromatic carbocycles. The molecule has 0 aliphatic carbocycles.